The fourth-order valence-corrected chi connectivity index (χ4v) is 1.93. The Morgan fingerprint density at radius 1 is 1.15 bits per heavy atom. The van der Waals surface area contributed by atoms with Crippen LogP contribution in [-0.4, -0.2) is 11.1 Å². The normalized spacial score (nSPS) is 10.6. The van der Waals surface area contributed by atoms with E-state index < -0.39 is 5.97 Å². The number of carboxylic acid groups (broad SMARTS) is 1. The monoisotopic (exact) mass is 270 g/mol. The lowest BCUT2D eigenvalue weighted by Crippen LogP contribution is -2.04. The van der Waals surface area contributed by atoms with Crippen LogP contribution < -0.4 is 4.74 Å². The second-order valence-electron chi connectivity index (χ2n) is 4.99. The molecular weight excluding hydrogens is 252 g/mol. The quantitative estimate of drug-likeness (QED) is 0.890. The summed E-state index contributed by atoms with van der Waals surface area (Å²) in [4.78, 5) is 11.2. The van der Waals surface area contributed by atoms with Gasteiger partial charge in [-0.25, -0.2) is 4.79 Å². The van der Waals surface area contributed by atoms with Gasteiger partial charge in [-0.1, -0.05) is 50.2 Å². The van der Waals surface area contributed by atoms with Crippen LogP contribution in [0, 0.1) is 0 Å². The van der Waals surface area contributed by atoms with Gasteiger partial charge in [0.1, 0.15) is 17.9 Å². The second kappa shape index (κ2) is 6.24. The number of hydrogen-bond acceptors (Lipinski definition) is 2. The summed E-state index contributed by atoms with van der Waals surface area (Å²) >= 11 is 0. The summed E-state index contributed by atoms with van der Waals surface area (Å²) in [7, 11) is 0. The highest BCUT2D eigenvalue weighted by Gasteiger charge is 2.13. The zero-order chi connectivity index (χ0) is 14.5. The summed E-state index contributed by atoms with van der Waals surface area (Å²) < 4.78 is 5.69. The minimum atomic E-state index is -0.969. The lowest BCUT2D eigenvalue weighted by Gasteiger charge is -2.13. The Kier molecular flexibility index (Phi) is 4.41. The molecule has 0 aliphatic rings. The Morgan fingerprint density at radius 3 is 2.45 bits per heavy atom. The summed E-state index contributed by atoms with van der Waals surface area (Å²) in [6.07, 6.45) is 0. The van der Waals surface area contributed by atoms with Crippen LogP contribution in [0.15, 0.2) is 48.5 Å². The maximum absolute atomic E-state index is 11.2. The molecule has 0 saturated carbocycles. The molecule has 0 atom stereocenters. The first-order valence-electron chi connectivity index (χ1n) is 6.62. The second-order valence-corrected chi connectivity index (χ2v) is 4.99. The zero-order valence-corrected chi connectivity index (χ0v) is 11.7. The Morgan fingerprint density at radius 2 is 1.85 bits per heavy atom. The van der Waals surface area contributed by atoms with E-state index in [2.05, 4.69) is 13.8 Å². The SMILES string of the molecule is CC(C)c1ccc(C(=O)O)c(OCc2ccccc2)c1. The summed E-state index contributed by atoms with van der Waals surface area (Å²) in [6, 6.07) is 15.0. The first-order chi connectivity index (χ1) is 9.58. The van der Waals surface area contributed by atoms with Gasteiger partial charge >= 0.3 is 5.97 Å². The third-order valence-electron chi connectivity index (χ3n) is 3.14. The van der Waals surface area contributed by atoms with Gasteiger partial charge in [-0.3, -0.25) is 0 Å². The van der Waals surface area contributed by atoms with Gasteiger partial charge in [0.2, 0.25) is 0 Å². The molecule has 0 heterocycles. The van der Waals surface area contributed by atoms with Crippen molar-refractivity contribution >= 4 is 5.97 Å². The van der Waals surface area contributed by atoms with E-state index in [-0.39, 0.29) is 5.56 Å². The first kappa shape index (κ1) is 14.1. The van der Waals surface area contributed by atoms with E-state index in [4.69, 9.17) is 4.74 Å². The lowest BCUT2D eigenvalue weighted by molar-refractivity contribution is 0.0691. The molecule has 0 radical (unpaired) electrons. The van der Waals surface area contributed by atoms with Gasteiger partial charge in [-0.15, -0.1) is 0 Å². The van der Waals surface area contributed by atoms with E-state index in [9.17, 15) is 9.90 Å². The fourth-order valence-electron chi connectivity index (χ4n) is 1.93. The predicted molar refractivity (Wildman–Crippen MR) is 78.3 cm³/mol. The van der Waals surface area contributed by atoms with Crippen molar-refractivity contribution in [3.05, 3.63) is 65.2 Å². The van der Waals surface area contributed by atoms with Crippen molar-refractivity contribution in [2.24, 2.45) is 0 Å². The summed E-state index contributed by atoms with van der Waals surface area (Å²) in [5.74, 6) is -0.215. The van der Waals surface area contributed by atoms with Gasteiger partial charge in [0.05, 0.1) is 0 Å². The van der Waals surface area contributed by atoms with Crippen molar-refractivity contribution in [2.45, 2.75) is 26.4 Å². The van der Waals surface area contributed by atoms with Crippen LogP contribution in [0.5, 0.6) is 5.75 Å². The smallest absolute Gasteiger partial charge is 0.339 e. The highest BCUT2D eigenvalue weighted by Crippen LogP contribution is 2.25. The third-order valence-corrected chi connectivity index (χ3v) is 3.14. The average molecular weight is 270 g/mol. The van der Waals surface area contributed by atoms with E-state index in [0.29, 0.717) is 18.3 Å². The molecule has 3 heteroatoms. The molecule has 1 N–H and O–H groups in total. The van der Waals surface area contributed by atoms with Crippen LogP contribution in [0.3, 0.4) is 0 Å². The van der Waals surface area contributed by atoms with E-state index in [1.165, 1.54) is 0 Å². The lowest BCUT2D eigenvalue weighted by atomic mass is 10.0. The van der Waals surface area contributed by atoms with Crippen LogP contribution in [0.25, 0.3) is 0 Å². The molecule has 2 aromatic carbocycles. The van der Waals surface area contributed by atoms with Gasteiger partial charge in [0, 0.05) is 0 Å². The maximum atomic E-state index is 11.2. The van der Waals surface area contributed by atoms with Crippen LogP contribution in [0.4, 0.5) is 0 Å². The molecule has 0 unspecified atom stereocenters. The Labute approximate surface area is 118 Å². The molecule has 2 rings (SSSR count). The van der Waals surface area contributed by atoms with E-state index >= 15 is 0 Å². The fraction of sp³-hybridized carbons (Fsp3) is 0.235. The molecule has 0 saturated heterocycles. The number of ether oxygens (including phenoxy) is 1. The number of aromatic carboxylic acids is 1. The topological polar surface area (TPSA) is 46.5 Å². The standard InChI is InChI=1S/C17H18O3/c1-12(2)14-8-9-15(17(18)19)16(10-14)20-11-13-6-4-3-5-7-13/h3-10,12H,11H2,1-2H3,(H,18,19). The largest absolute Gasteiger partial charge is 0.488 e. The van der Waals surface area contributed by atoms with Gasteiger partial charge in [0.15, 0.2) is 0 Å². The van der Waals surface area contributed by atoms with Gasteiger partial charge < -0.3 is 9.84 Å². The zero-order valence-electron chi connectivity index (χ0n) is 11.7. The molecule has 3 nitrogen and oxygen atoms in total. The molecule has 104 valence electrons. The van der Waals surface area contributed by atoms with Gasteiger partial charge in [-0.05, 0) is 29.2 Å². The van der Waals surface area contributed by atoms with Gasteiger partial charge in [-0.2, -0.15) is 0 Å². The highest BCUT2D eigenvalue weighted by atomic mass is 16.5. The Bertz CT molecular complexity index is 588. The minimum absolute atomic E-state index is 0.199. The number of benzene rings is 2. The van der Waals surface area contributed by atoms with Crippen molar-refractivity contribution in [1.29, 1.82) is 0 Å². The summed E-state index contributed by atoms with van der Waals surface area (Å²) in [5.41, 5.74) is 2.28. The minimum Gasteiger partial charge on any atom is -0.488 e. The average Bonchev–Trinajstić information content (AvgIpc) is 2.45. The molecular formula is C17H18O3. The first-order valence-corrected chi connectivity index (χ1v) is 6.62. The van der Waals surface area contributed by atoms with Crippen LogP contribution >= 0.6 is 0 Å². The molecule has 0 spiro atoms. The van der Waals surface area contributed by atoms with Gasteiger partial charge in [0.25, 0.3) is 0 Å². The molecule has 2 aromatic rings. The van der Waals surface area contributed by atoms with Crippen LogP contribution in [-0.2, 0) is 6.61 Å². The molecule has 0 aliphatic heterocycles. The Balaban J connectivity index is 2.24. The molecule has 0 fully saturated rings. The molecule has 0 aromatic heterocycles. The molecule has 0 bridgehead atoms. The molecule has 0 amide bonds. The van der Waals surface area contributed by atoms with E-state index in [1.54, 1.807) is 6.07 Å². The highest BCUT2D eigenvalue weighted by molar-refractivity contribution is 5.91. The molecule has 20 heavy (non-hydrogen) atoms. The van der Waals surface area contributed by atoms with Crippen molar-refractivity contribution in [1.82, 2.24) is 0 Å². The maximum Gasteiger partial charge on any atom is 0.339 e. The van der Waals surface area contributed by atoms with Crippen molar-refractivity contribution in [2.75, 3.05) is 0 Å². The predicted octanol–water partition coefficient (Wildman–Crippen LogP) is 4.09. The van der Waals surface area contributed by atoms with Crippen molar-refractivity contribution in [3.63, 3.8) is 0 Å². The number of hydrogen-bond donors (Lipinski definition) is 1. The number of carbonyl (C=O) groups is 1. The van der Waals surface area contributed by atoms with Crippen LogP contribution in [0.2, 0.25) is 0 Å². The van der Waals surface area contributed by atoms with E-state index in [0.717, 1.165) is 11.1 Å². The van der Waals surface area contributed by atoms with Crippen LogP contribution in [0.1, 0.15) is 41.3 Å². The molecule has 0 aliphatic carbocycles. The number of rotatable bonds is 5. The number of carboxylic acids is 1. The van der Waals surface area contributed by atoms with E-state index in [1.807, 2.05) is 42.5 Å². The van der Waals surface area contributed by atoms with Crippen molar-refractivity contribution in [3.8, 4) is 5.75 Å². The third kappa shape index (κ3) is 3.38. The Hall–Kier alpha value is -2.29. The summed E-state index contributed by atoms with van der Waals surface area (Å²) in [5, 5.41) is 9.21. The van der Waals surface area contributed by atoms with Crippen molar-refractivity contribution < 1.29 is 14.6 Å². The summed E-state index contributed by atoms with van der Waals surface area (Å²) in [6.45, 7) is 4.50.